The molecule has 0 saturated heterocycles. The number of para-hydroxylation sites is 1. The lowest BCUT2D eigenvalue weighted by Gasteiger charge is -2.14. The number of ether oxygens (including phenoxy) is 1. The molecule has 2 nitrogen and oxygen atoms in total. The molecule has 1 saturated carbocycles. The maximum absolute atomic E-state index is 12.0. The fourth-order valence-electron chi connectivity index (χ4n) is 1.48. The van der Waals surface area contributed by atoms with Crippen LogP contribution in [0.15, 0.2) is 24.3 Å². The molecule has 1 fully saturated rings. The molecular formula is C10H12ClF2NO. The minimum absolute atomic E-state index is 0. The van der Waals surface area contributed by atoms with Crippen molar-refractivity contribution in [1.29, 1.82) is 0 Å². The number of hydrogen-bond acceptors (Lipinski definition) is 2. The first-order chi connectivity index (χ1) is 6.62. The van der Waals surface area contributed by atoms with Gasteiger partial charge < -0.3 is 10.5 Å². The Hall–Kier alpha value is -0.870. The standard InChI is InChI=1S/C10H11F2NO.ClH/c11-9(12)14-8-4-2-1-3-7(8)10(13)5-6-10;/h1-4,9H,5-6,13H2;1H. The maximum Gasteiger partial charge on any atom is 0.387 e. The summed E-state index contributed by atoms with van der Waals surface area (Å²) >= 11 is 0. The number of rotatable bonds is 3. The number of nitrogens with two attached hydrogens (primary N) is 1. The van der Waals surface area contributed by atoms with Crippen LogP contribution in [0.25, 0.3) is 0 Å². The molecule has 0 atom stereocenters. The van der Waals surface area contributed by atoms with Crippen LogP contribution in [0.3, 0.4) is 0 Å². The molecule has 1 aliphatic carbocycles. The second-order valence-corrected chi connectivity index (χ2v) is 3.53. The van der Waals surface area contributed by atoms with Crippen LogP contribution in [0.5, 0.6) is 5.75 Å². The molecule has 0 aromatic heterocycles. The molecule has 0 spiro atoms. The summed E-state index contributed by atoms with van der Waals surface area (Å²) in [5.41, 5.74) is 6.16. The SMILES string of the molecule is Cl.NC1(c2ccccc2OC(F)F)CC1. The second-order valence-electron chi connectivity index (χ2n) is 3.53. The van der Waals surface area contributed by atoms with Gasteiger partial charge in [0, 0.05) is 11.1 Å². The van der Waals surface area contributed by atoms with Crippen LogP contribution < -0.4 is 10.5 Å². The van der Waals surface area contributed by atoms with Crippen LogP contribution in [-0.2, 0) is 5.54 Å². The Morgan fingerprint density at radius 2 is 1.87 bits per heavy atom. The molecule has 0 radical (unpaired) electrons. The highest BCUT2D eigenvalue weighted by Gasteiger charge is 2.42. The van der Waals surface area contributed by atoms with E-state index < -0.39 is 12.2 Å². The zero-order valence-electron chi connectivity index (χ0n) is 7.95. The Morgan fingerprint density at radius 3 is 2.40 bits per heavy atom. The average molecular weight is 236 g/mol. The van der Waals surface area contributed by atoms with E-state index in [0.717, 1.165) is 12.8 Å². The van der Waals surface area contributed by atoms with Crippen LogP contribution in [-0.4, -0.2) is 6.61 Å². The van der Waals surface area contributed by atoms with E-state index in [2.05, 4.69) is 4.74 Å². The summed E-state index contributed by atoms with van der Waals surface area (Å²) in [4.78, 5) is 0. The van der Waals surface area contributed by atoms with E-state index >= 15 is 0 Å². The van der Waals surface area contributed by atoms with Crippen LogP contribution in [0.1, 0.15) is 18.4 Å². The molecule has 1 aromatic rings. The van der Waals surface area contributed by atoms with Crippen molar-refractivity contribution < 1.29 is 13.5 Å². The van der Waals surface area contributed by atoms with E-state index in [0.29, 0.717) is 5.56 Å². The van der Waals surface area contributed by atoms with Crippen molar-refractivity contribution in [1.82, 2.24) is 0 Å². The topological polar surface area (TPSA) is 35.2 Å². The molecule has 2 N–H and O–H groups in total. The average Bonchev–Trinajstić information content (AvgIpc) is 2.84. The van der Waals surface area contributed by atoms with Gasteiger partial charge in [0.1, 0.15) is 5.75 Å². The third-order valence-corrected chi connectivity index (χ3v) is 2.43. The minimum atomic E-state index is -2.79. The highest BCUT2D eigenvalue weighted by molar-refractivity contribution is 5.85. The highest BCUT2D eigenvalue weighted by atomic mass is 35.5. The van der Waals surface area contributed by atoms with Gasteiger partial charge in [-0.1, -0.05) is 18.2 Å². The molecule has 15 heavy (non-hydrogen) atoms. The fourth-order valence-corrected chi connectivity index (χ4v) is 1.48. The predicted molar refractivity (Wildman–Crippen MR) is 55.4 cm³/mol. The van der Waals surface area contributed by atoms with Crippen LogP contribution in [0.4, 0.5) is 8.78 Å². The first kappa shape index (κ1) is 12.2. The van der Waals surface area contributed by atoms with Gasteiger partial charge in [0.2, 0.25) is 0 Å². The van der Waals surface area contributed by atoms with E-state index in [1.54, 1.807) is 18.2 Å². The van der Waals surface area contributed by atoms with Crippen molar-refractivity contribution in [2.75, 3.05) is 0 Å². The Labute approximate surface area is 92.8 Å². The molecule has 0 bridgehead atoms. The Kier molecular flexibility index (Phi) is 3.52. The van der Waals surface area contributed by atoms with Crippen LogP contribution in [0, 0.1) is 0 Å². The summed E-state index contributed by atoms with van der Waals surface area (Å²) in [5.74, 6) is 0.197. The lowest BCUT2D eigenvalue weighted by molar-refractivity contribution is -0.0507. The molecule has 0 amide bonds. The van der Waals surface area contributed by atoms with Gasteiger partial charge in [-0.05, 0) is 18.9 Å². The Bertz CT molecular complexity index is 342. The quantitative estimate of drug-likeness (QED) is 0.874. The van der Waals surface area contributed by atoms with Gasteiger partial charge >= 0.3 is 6.61 Å². The second kappa shape index (κ2) is 4.33. The first-order valence-electron chi connectivity index (χ1n) is 4.45. The minimum Gasteiger partial charge on any atom is -0.434 e. The maximum atomic E-state index is 12.0. The monoisotopic (exact) mass is 235 g/mol. The lowest BCUT2D eigenvalue weighted by atomic mass is 10.1. The van der Waals surface area contributed by atoms with Gasteiger partial charge in [-0.2, -0.15) is 8.78 Å². The molecule has 1 aliphatic rings. The van der Waals surface area contributed by atoms with Crippen molar-refractivity contribution in [2.24, 2.45) is 5.73 Å². The third-order valence-electron chi connectivity index (χ3n) is 2.43. The van der Waals surface area contributed by atoms with Gasteiger partial charge in [0.15, 0.2) is 0 Å². The lowest BCUT2D eigenvalue weighted by Crippen LogP contribution is -2.20. The van der Waals surface area contributed by atoms with Gasteiger partial charge in [-0.25, -0.2) is 0 Å². The van der Waals surface area contributed by atoms with Gasteiger partial charge in [0.05, 0.1) is 0 Å². The molecule has 0 unspecified atom stereocenters. The molecule has 0 aliphatic heterocycles. The van der Waals surface area contributed by atoms with E-state index in [4.69, 9.17) is 5.73 Å². The Morgan fingerprint density at radius 1 is 1.27 bits per heavy atom. The Balaban J connectivity index is 0.00000112. The normalized spacial score (nSPS) is 17.1. The van der Waals surface area contributed by atoms with Crippen LogP contribution in [0.2, 0.25) is 0 Å². The van der Waals surface area contributed by atoms with Crippen molar-refractivity contribution >= 4 is 12.4 Å². The fraction of sp³-hybridized carbons (Fsp3) is 0.400. The number of benzene rings is 1. The first-order valence-corrected chi connectivity index (χ1v) is 4.45. The summed E-state index contributed by atoms with van der Waals surface area (Å²) in [6, 6.07) is 6.70. The van der Waals surface area contributed by atoms with Crippen molar-refractivity contribution in [3.8, 4) is 5.75 Å². The molecule has 84 valence electrons. The summed E-state index contributed by atoms with van der Waals surface area (Å²) in [7, 11) is 0. The summed E-state index contributed by atoms with van der Waals surface area (Å²) in [6.45, 7) is -2.79. The van der Waals surface area contributed by atoms with Crippen molar-refractivity contribution in [2.45, 2.75) is 25.0 Å². The number of alkyl halides is 2. The van der Waals surface area contributed by atoms with E-state index in [1.165, 1.54) is 6.07 Å². The van der Waals surface area contributed by atoms with E-state index in [1.807, 2.05) is 0 Å². The summed E-state index contributed by atoms with van der Waals surface area (Å²) in [5, 5.41) is 0. The van der Waals surface area contributed by atoms with E-state index in [9.17, 15) is 8.78 Å². The molecule has 2 rings (SSSR count). The number of hydrogen-bond donors (Lipinski definition) is 1. The zero-order chi connectivity index (χ0) is 10.2. The smallest absolute Gasteiger partial charge is 0.387 e. The number of halogens is 3. The largest absolute Gasteiger partial charge is 0.434 e. The molecule has 0 heterocycles. The predicted octanol–water partition coefficient (Wildman–Crippen LogP) is 2.66. The van der Waals surface area contributed by atoms with Gasteiger partial charge in [-0.3, -0.25) is 0 Å². The molecular weight excluding hydrogens is 224 g/mol. The summed E-state index contributed by atoms with van der Waals surface area (Å²) in [6.07, 6.45) is 1.66. The van der Waals surface area contributed by atoms with Crippen molar-refractivity contribution in [3.63, 3.8) is 0 Å². The third kappa shape index (κ3) is 2.58. The van der Waals surface area contributed by atoms with Crippen LogP contribution >= 0.6 is 12.4 Å². The van der Waals surface area contributed by atoms with E-state index in [-0.39, 0.29) is 18.2 Å². The molecule has 5 heteroatoms. The van der Waals surface area contributed by atoms with Gasteiger partial charge in [0.25, 0.3) is 0 Å². The summed E-state index contributed by atoms with van der Waals surface area (Å²) < 4.78 is 28.5. The van der Waals surface area contributed by atoms with Crippen molar-refractivity contribution in [3.05, 3.63) is 29.8 Å². The highest BCUT2D eigenvalue weighted by Crippen LogP contribution is 2.46. The van der Waals surface area contributed by atoms with Gasteiger partial charge in [-0.15, -0.1) is 12.4 Å². The molecule has 1 aromatic carbocycles. The zero-order valence-corrected chi connectivity index (χ0v) is 8.77.